The molecule has 1 unspecified atom stereocenters. The Bertz CT molecular complexity index is 676. The number of carbonyl (C=O) groups excluding carboxylic acids is 1. The van der Waals surface area contributed by atoms with Gasteiger partial charge in [-0.15, -0.1) is 0 Å². The molecule has 2 aromatic rings. The Morgan fingerprint density at radius 1 is 1.33 bits per heavy atom. The Hall–Kier alpha value is -2.83. The number of pyridine rings is 1. The zero-order valence-electron chi connectivity index (χ0n) is 11.1. The lowest BCUT2D eigenvalue weighted by Gasteiger charge is -2.14. The highest BCUT2D eigenvalue weighted by Gasteiger charge is 2.18. The van der Waals surface area contributed by atoms with Gasteiger partial charge in [0, 0.05) is 18.5 Å². The number of nitro benzene ring substituents is 1. The molecule has 0 saturated heterocycles. The zero-order chi connectivity index (χ0) is 15.4. The molecule has 0 radical (unpaired) electrons. The summed E-state index contributed by atoms with van der Waals surface area (Å²) in [5.74, 6) is -1.56. The van der Waals surface area contributed by atoms with Crippen molar-refractivity contribution < 1.29 is 14.1 Å². The van der Waals surface area contributed by atoms with Crippen LogP contribution >= 0.6 is 0 Å². The number of nitrogens with zero attached hydrogens (tertiary/aromatic N) is 2. The number of rotatable bonds is 4. The van der Waals surface area contributed by atoms with Gasteiger partial charge >= 0.3 is 0 Å². The molecule has 0 bridgehead atoms. The number of amides is 1. The van der Waals surface area contributed by atoms with Gasteiger partial charge in [-0.05, 0) is 30.7 Å². The SMILES string of the molecule is CC(NC(=O)c1ccc([N+](=O)[O-])cc1F)c1ccncc1. The third-order valence-electron chi connectivity index (χ3n) is 2.96. The Morgan fingerprint density at radius 3 is 2.57 bits per heavy atom. The highest BCUT2D eigenvalue weighted by Crippen LogP contribution is 2.18. The van der Waals surface area contributed by atoms with Gasteiger partial charge in [0.1, 0.15) is 5.82 Å². The number of nitro groups is 1. The molecule has 1 amide bonds. The van der Waals surface area contributed by atoms with Gasteiger partial charge in [-0.2, -0.15) is 0 Å². The van der Waals surface area contributed by atoms with Gasteiger partial charge in [0.15, 0.2) is 0 Å². The van der Waals surface area contributed by atoms with Gasteiger partial charge < -0.3 is 5.32 Å². The van der Waals surface area contributed by atoms with Gasteiger partial charge in [0.05, 0.1) is 22.6 Å². The highest BCUT2D eigenvalue weighted by molar-refractivity contribution is 5.94. The average Bonchev–Trinajstić information content (AvgIpc) is 2.47. The molecule has 0 spiro atoms. The standard InChI is InChI=1S/C14H12FN3O3/c1-9(10-4-6-16-7-5-10)17-14(19)12-3-2-11(18(20)21)8-13(12)15/h2-9H,1H3,(H,17,19). The Labute approximate surface area is 119 Å². The molecule has 1 aromatic carbocycles. The van der Waals surface area contributed by atoms with Gasteiger partial charge in [-0.3, -0.25) is 19.9 Å². The molecule has 108 valence electrons. The van der Waals surface area contributed by atoms with Crippen molar-refractivity contribution in [3.63, 3.8) is 0 Å². The average molecular weight is 289 g/mol. The summed E-state index contributed by atoms with van der Waals surface area (Å²) in [4.78, 5) is 25.7. The monoisotopic (exact) mass is 289 g/mol. The first-order valence-corrected chi connectivity index (χ1v) is 6.14. The van der Waals surface area contributed by atoms with Crippen LogP contribution < -0.4 is 5.32 Å². The summed E-state index contributed by atoms with van der Waals surface area (Å²) in [6, 6.07) is 6.05. The fourth-order valence-electron chi connectivity index (χ4n) is 1.81. The second kappa shape index (κ2) is 6.08. The second-order valence-corrected chi connectivity index (χ2v) is 4.40. The van der Waals surface area contributed by atoms with Crippen LogP contribution in [0.5, 0.6) is 0 Å². The van der Waals surface area contributed by atoms with Crippen molar-refractivity contribution in [2.45, 2.75) is 13.0 Å². The van der Waals surface area contributed by atoms with E-state index in [2.05, 4.69) is 10.3 Å². The molecule has 1 aromatic heterocycles. The predicted octanol–water partition coefficient (Wildman–Crippen LogP) is 2.62. The number of aromatic nitrogens is 1. The summed E-state index contributed by atoms with van der Waals surface area (Å²) >= 11 is 0. The minimum absolute atomic E-state index is 0.235. The van der Waals surface area contributed by atoms with Gasteiger partial charge in [-0.25, -0.2) is 4.39 Å². The number of carbonyl (C=O) groups is 1. The van der Waals surface area contributed by atoms with Crippen molar-refractivity contribution >= 4 is 11.6 Å². The van der Waals surface area contributed by atoms with E-state index in [4.69, 9.17) is 0 Å². The van der Waals surface area contributed by atoms with E-state index in [0.29, 0.717) is 0 Å². The van der Waals surface area contributed by atoms with E-state index >= 15 is 0 Å². The van der Waals surface area contributed by atoms with Crippen LogP contribution in [0.3, 0.4) is 0 Å². The number of halogens is 1. The molecule has 2 rings (SSSR count). The molecule has 21 heavy (non-hydrogen) atoms. The molecule has 0 aliphatic carbocycles. The Morgan fingerprint density at radius 2 is 2.00 bits per heavy atom. The molecule has 7 heteroatoms. The summed E-state index contributed by atoms with van der Waals surface area (Å²) in [6.07, 6.45) is 3.18. The van der Waals surface area contributed by atoms with Crippen molar-refractivity contribution in [3.8, 4) is 0 Å². The molecule has 1 heterocycles. The zero-order valence-corrected chi connectivity index (χ0v) is 11.1. The van der Waals surface area contributed by atoms with Crippen molar-refractivity contribution in [3.05, 3.63) is 69.8 Å². The molecular weight excluding hydrogens is 277 g/mol. The van der Waals surface area contributed by atoms with E-state index in [1.165, 1.54) is 0 Å². The highest BCUT2D eigenvalue weighted by atomic mass is 19.1. The van der Waals surface area contributed by atoms with Crippen LogP contribution in [0.4, 0.5) is 10.1 Å². The molecule has 0 aliphatic heterocycles. The minimum atomic E-state index is -0.927. The quantitative estimate of drug-likeness (QED) is 0.692. The maximum absolute atomic E-state index is 13.7. The smallest absolute Gasteiger partial charge is 0.272 e. The van der Waals surface area contributed by atoms with E-state index in [-0.39, 0.29) is 11.6 Å². The lowest BCUT2D eigenvalue weighted by molar-refractivity contribution is -0.385. The second-order valence-electron chi connectivity index (χ2n) is 4.40. The van der Waals surface area contributed by atoms with Gasteiger partial charge in [-0.1, -0.05) is 0 Å². The summed E-state index contributed by atoms with van der Waals surface area (Å²) in [5.41, 5.74) is 0.188. The van der Waals surface area contributed by atoms with Crippen LogP contribution in [-0.4, -0.2) is 15.8 Å². The summed E-state index contributed by atoms with van der Waals surface area (Å²) < 4.78 is 13.7. The third-order valence-corrected chi connectivity index (χ3v) is 2.96. The van der Waals surface area contributed by atoms with E-state index in [9.17, 15) is 19.3 Å². The fraction of sp³-hybridized carbons (Fsp3) is 0.143. The van der Waals surface area contributed by atoms with Crippen LogP contribution in [0.25, 0.3) is 0 Å². The van der Waals surface area contributed by atoms with Crippen molar-refractivity contribution in [1.82, 2.24) is 10.3 Å². The number of hydrogen-bond acceptors (Lipinski definition) is 4. The maximum Gasteiger partial charge on any atom is 0.272 e. The van der Waals surface area contributed by atoms with Crippen molar-refractivity contribution in [2.75, 3.05) is 0 Å². The van der Waals surface area contributed by atoms with Crippen LogP contribution in [0, 0.1) is 15.9 Å². The Balaban J connectivity index is 2.15. The lowest BCUT2D eigenvalue weighted by Crippen LogP contribution is -2.27. The molecule has 6 nitrogen and oxygen atoms in total. The topological polar surface area (TPSA) is 85.1 Å². The number of non-ortho nitro benzene ring substituents is 1. The van der Waals surface area contributed by atoms with E-state index in [0.717, 1.165) is 23.8 Å². The molecule has 1 N–H and O–H groups in total. The number of hydrogen-bond donors (Lipinski definition) is 1. The van der Waals surface area contributed by atoms with E-state index in [1.54, 1.807) is 31.5 Å². The summed E-state index contributed by atoms with van der Waals surface area (Å²) in [5, 5.41) is 13.2. The van der Waals surface area contributed by atoms with Crippen molar-refractivity contribution in [1.29, 1.82) is 0 Å². The normalized spacial score (nSPS) is 11.7. The summed E-state index contributed by atoms with van der Waals surface area (Å²) in [6.45, 7) is 1.75. The minimum Gasteiger partial charge on any atom is -0.345 e. The van der Waals surface area contributed by atoms with Crippen LogP contribution in [0.1, 0.15) is 28.9 Å². The van der Waals surface area contributed by atoms with Gasteiger partial charge in [0.2, 0.25) is 0 Å². The number of nitrogens with one attached hydrogen (secondary N) is 1. The largest absolute Gasteiger partial charge is 0.345 e. The predicted molar refractivity (Wildman–Crippen MR) is 73.2 cm³/mol. The maximum atomic E-state index is 13.7. The first-order chi connectivity index (χ1) is 9.99. The van der Waals surface area contributed by atoms with Crippen LogP contribution in [-0.2, 0) is 0 Å². The van der Waals surface area contributed by atoms with Crippen LogP contribution in [0.2, 0.25) is 0 Å². The molecular formula is C14H12FN3O3. The molecule has 0 fully saturated rings. The first-order valence-electron chi connectivity index (χ1n) is 6.14. The lowest BCUT2D eigenvalue weighted by atomic mass is 10.1. The molecule has 0 aliphatic rings. The molecule has 0 saturated carbocycles. The fourth-order valence-corrected chi connectivity index (χ4v) is 1.81. The summed E-state index contributed by atoms with van der Waals surface area (Å²) in [7, 11) is 0. The molecule has 1 atom stereocenters. The Kier molecular flexibility index (Phi) is 4.22. The van der Waals surface area contributed by atoms with Gasteiger partial charge in [0.25, 0.3) is 11.6 Å². The first kappa shape index (κ1) is 14.6. The third kappa shape index (κ3) is 3.38. The number of benzene rings is 1. The van der Waals surface area contributed by atoms with Crippen molar-refractivity contribution in [2.24, 2.45) is 0 Å². The van der Waals surface area contributed by atoms with E-state index < -0.39 is 22.3 Å². The van der Waals surface area contributed by atoms with E-state index in [1.807, 2.05) is 0 Å². The van der Waals surface area contributed by atoms with Crippen LogP contribution in [0.15, 0.2) is 42.7 Å².